The molecule has 1 N–H and O–H groups in total. The summed E-state index contributed by atoms with van der Waals surface area (Å²) in [5.41, 5.74) is 1.56. The van der Waals surface area contributed by atoms with Crippen molar-refractivity contribution in [3.8, 4) is 0 Å². The Morgan fingerprint density at radius 3 is 2.61 bits per heavy atom. The number of carbonyl (C=O) groups is 1. The summed E-state index contributed by atoms with van der Waals surface area (Å²) in [6.07, 6.45) is 2.47. The quantitative estimate of drug-likeness (QED) is 0.889. The Hall–Kier alpha value is -1.35. The van der Waals surface area contributed by atoms with Gasteiger partial charge in [-0.3, -0.25) is 4.90 Å². The van der Waals surface area contributed by atoms with E-state index in [0.717, 1.165) is 19.0 Å². The molecule has 1 aromatic carbocycles. The van der Waals surface area contributed by atoms with Gasteiger partial charge in [0.25, 0.3) is 0 Å². The maximum absolute atomic E-state index is 10.8. The van der Waals surface area contributed by atoms with Gasteiger partial charge >= 0.3 is 5.97 Å². The first-order valence-electron chi connectivity index (χ1n) is 6.66. The second-order valence-corrected chi connectivity index (χ2v) is 5.33. The topological polar surface area (TPSA) is 40.5 Å². The molecule has 1 aliphatic heterocycles. The van der Waals surface area contributed by atoms with Crippen LogP contribution < -0.4 is 0 Å². The van der Waals surface area contributed by atoms with Gasteiger partial charge in [-0.2, -0.15) is 0 Å². The Morgan fingerprint density at radius 1 is 1.39 bits per heavy atom. The molecule has 1 aliphatic rings. The van der Waals surface area contributed by atoms with Crippen molar-refractivity contribution >= 4 is 5.97 Å². The smallest absolute Gasteiger partial charge is 0.335 e. The van der Waals surface area contributed by atoms with Gasteiger partial charge in [-0.15, -0.1) is 0 Å². The largest absolute Gasteiger partial charge is 0.478 e. The standard InChI is InChI=1S/C15H21NO2/c1-3-14-8-11(2)9-16(14)10-12-4-6-13(7-5-12)15(17)18/h4-7,11,14H,3,8-10H2,1-2H3,(H,17,18). The van der Waals surface area contributed by atoms with Crippen molar-refractivity contribution in [2.24, 2.45) is 5.92 Å². The fourth-order valence-electron chi connectivity index (χ4n) is 2.84. The molecule has 1 fully saturated rings. The molecule has 1 saturated heterocycles. The minimum Gasteiger partial charge on any atom is -0.478 e. The first-order chi connectivity index (χ1) is 8.60. The zero-order valence-corrected chi connectivity index (χ0v) is 11.1. The van der Waals surface area contributed by atoms with E-state index in [-0.39, 0.29) is 0 Å². The van der Waals surface area contributed by atoms with Gasteiger partial charge < -0.3 is 5.11 Å². The van der Waals surface area contributed by atoms with Crippen LogP contribution in [0.3, 0.4) is 0 Å². The van der Waals surface area contributed by atoms with Crippen molar-refractivity contribution in [1.82, 2.24) is 4.90 Å². The number of carboxylic acids is 1. The van der Waals surface area contributed by atoms with Crippen LogP contribution in [0.5, 0.6) is 0 Å². The Labute approximate surface area is 108 Å². The van der Waals surface area contributed by atoms with Crippen molar-refractivity contribution < 1.29 is 9.90 Å². The highest BCUT2D eigenvalue weighted by atomic mass is 16.4. The molecule has 0 saturated carbocycles. The highest BCUT2D eigenvalue weighted by Crippen LogP contribution is 2.26. The van der Waals surface area contributed by atoms with Crippen LogP contribution in [0.25, 0.3) is 0 Å². The van der Waals surface area contributed by atoms with Crippen molar-refractivity contribution in [2.45, 2.75) is 39.3 Å². The molecule has 0 amide bonds. The van der Waals surface area contributed by atoms with E-state index in [1.54, 1.807) is 12.1 Å². The summed E-state index contributed by atoms with van der Waals surface area (Å²) >= 11 is 0. The van der Waals surface area contributed by atoms with E-state index in [9.17, 15) is 4.79 Å². The lowest BCUT2D eigenvalue weighted by Gasteiger charge is -2.23. The molecule has 98 valence electrons. The molecular formula is C15H21NO2. The second-order valence-electron chi connectivity index (χ2n) is 5.33. The monoisotopic (exact) mass is 247 g/mol. The van der Waals surface area contributed by atoms with Crippen molar-refractivity contribution in [3.63, 3.8) is 0 Å². The Bertz CT molecular complexity index is 413. The number of benzene rings is 1. The molecule has 2 rings (SSSR count). The minimum absolute atomic E-state index is 0.362. The van der Waals surface area contributed by atoms with Gasteiger partial charge in [0.15, 0.2) is 0 Å². The average molecular weight is 247 g/mol. The number of carboxylic acid groups (broad SMARTS) is 1. The Morgan fingerprint density at radius 2 is 2.06 bits per heavy atom. The molecule has 2 unspecified atom stereocenters. The van der Waals surface area contributed by atoms with Crippen LogP contribution >= 0.6 is 0 Å². The number of nitrogens with zero attached hydrogens (tertiary/aromatic N) is 1. The maximum atomic E-state index is 10.8. The van der Waals surface area contributed by atoms with Crippen molar-refractivity contribution in [3.05, 3.63) is 35.4 Å². The molecule has 0 aliphatic carbocycles. The van der Waals surface area contributed by atoms with Gasteiger partial charge in [0.1, 0.15) is 0 Å². The van der Waals surface area contributed by atoms with Crippen LogP contribution in [0.4, 0.5) is 0 Å². The molecule has 0 bridgehead atoms. The zero-order chi connectivity index (χ0) is 13.1. The zero-order valence-electron chi connectivity index (χ0n) is 11.1. The van der Waals surface area contributed by atoms with Gasteiger partial charge in [-0.05, 0) is 36.5 Å². The molecule has 1 heterocycles. The summed E-state index contributed by atoms with van der Waals surface area (Å²) in [6.45, 7) is 6.63. The predicted octanol–water partition coefficient (Wildman–Crippen LogP) is 3.01. The Balaban J connectivity index is 2.02. The number of hydrogen-bond donors (Lipinski definition) is 1. The SMILES string of the molecule is CCC1CC(C)CN1Cc1ccc(C(=O)O)cc1. The van der Waals surface area contributed by atoms with Crippen LogP contribution in [0.1, 0.15) is 42.6 Å². The fourth-order valence-corrected chi connectivity index (χ4v) is 2.84. The molecule has 3 heteroatoms. The summed E-state index contributed by atoms with van der Waals surface area (Å²) in [5, 5.41) is 8.86. The molecule has 0 spiro atoms. The fraction of sp³-hybridized carbons (Fsp3) is 0.533. The lowest BCUT2D eigenvalue weighted by Crippen LogP contribution is -2.28. The van der Waals surface area contributed by atoms with Crippen molar-refractivity contribution in [2.75, 3.05) is 6.54 Å². The van der Waals surface area contributed by atoms with Crippen LogP contribution in [-0.2, 0) is 6.54 Å². The number of likely N-dealkylation sites (tertiary alicyclic amines) is 1. The summed E-state index contributed by atoms with van der Waals surface area (Å²) in [7, 11) is 0. The van der Waals surface area contributed by atoms with Crippen LogP contribution in [0.15, 0.2) is 24.3 Å². The summed E-state index contributed by atoms with van der Waals surface area (Å²) in [5.74, 6) is -0.0870. The van der Waals surface area contributed by atoms with Gasteiger partial charge in [-0.1, -0.05) is 26.0 Å². The first kappa shape index (κ1) is 13.1. The van der Waals surface area contributed by atoms with Crippen molar-refractivity contribution in [1.29, 1.82) is 0 Å². The highest BCUT2D eigenvalue weighted by molar-refractivity contribution is 5.87. The van der Waals surface area contributed by atoms with Crippen LogP contribution in [0.2, 0.25) is 0 Å². The third-order valence-electron chi connectivity index (χ3n) is 3.79. The van der Waals surface area contributed by atoms with E-state index in [1.807, 2.05) is 12.1 Å². The Kier molecular flexibility index (Phi) is 4.02. The van der Waals surface area contributed by atoms with E-state index in [2.05, 4.69) is 18.7 Å². The van der Waals surface area contributed by atoms with E-state index < -0.39 is 5.97 Å². The van der Waals surface area contributed by atoms with E-state index in [4.69, 9.17) is 5.11 Å². The molecule has 18 heavy (non-hydrogen) atoms. The molecule has 0 radical (unpaired) electrons. The second kappa shape index (κ2) is 5.53. The summed E-state index contributed by atoms with van der Waals surface area (Å²) < 4.78 is 0. The van der Waals surface area contributed by atoms with Crippen LogP contribution in [0, 0.1) is 5.92 Å². The van der Waals surface area contributed by atoms with E-state index >= 15 is 0 Å². The predicted molar refractivity (Wildman–Crippen MR) is 71.7 cm³/mol. The van der Waals surface area contributed by atoms with E-state index in [1.165, 1.54) is 18.4 Å². The number of aromatic carboxylic acids is 1. The normalized spacial score (nSPS) is 24.3. The molecule has 1 aromatic rings. The summed E-state index contributed by atoms with van der Waals surface area (Å²) in [4.78, 5) is 13.3. The molecule has 0 aromatic heterocycles. The maximum Gasteiger partial charge on any atom is 0.335 e. The lowest BCUT2D eigenvalue weighted by atomic mass is 10.1. The third kappa shape index (κ3) is 2.91. The van der Waals surface area contributed by atoms with Gasteiger partial charge in [0.2, 0.25) is 0 Å². The highest BCUT2D eigenvalue weighted by Gasteiger charge is 2.27. The molecule has 2 atom stereocenters. The number of hydrogen-bond acceptors (Lipinski definition) is 2. The minimum atomic E-state index is -0.859. The van der Waals surface area contributed by atoms with E-state index in [0.29, 0.717) is 11.6 Å². The third-order valence-corrected chi connectivity index (χ3v) is 3.79. The van der Waals surface area contributed by atoms with Crippen LogP contribution in [-0.4, -0.2) is 28.6 Å². The first-order valence-corrected chi connectivity index (χ1v) is 6.66. The summed E-state index contributed by atoms with van der Waals surface area (Å²) in [6, 6.07) is 7.92. The average Bonchev–Trinajstić information content (AvgIpc) is 2.70. The van der Waals surface area contributed by atoms with Gasteiger partial charge in [0.05, 0.1) is 5.56 Å². The molecular weight excluding hydrogens is 226 g/mol. The molecule has 3 nitrogen and oxygen atoms in total. The van der Waals surface area contributed by atoms with Gasteiger partial charge in [-0.25, -0.2) is 4.79 Å². The lowest BCUT2D eigenvalue weighted by molar-refractivity contribution is 0.0697. The van der Waals surface area contributed by atoms with Gasteiger partial charge in [0, 0.05) is 19.1 Å². The number of rotatable bonds is 4.